The molecule has 1 aromatic carbocycles. The van der Waals surface area contributed by atoms with Crippen LogP contribution in [0, 0.1) is 0 Å². The number of H-pyrrole nitrogens is 1. The Kier molecular flexibility index (Phi) is 3.27. The van der Waals surface area contributed by atoms with Crippen LogP contribution in [0.2, 0.25) is 0 Å². The van der Waals surface area contributed by atoms with E-state index >= 15 is 0 Å². The van der Waals surface area contributed by atoms with Crippen molar-refractivity contribution in [3.8, 4) is 0 Å². The predicted octanol–water partition coefficient (Wildman–Crippen LogP) is 2.40. The van der Waals surface area contributed by atoms with Gasteiger partial charge in [-0.05, 0) is 31.2 Å². The molecule has 2 heterocycles. The van der Waals surface area contributed by atoms with E-state index in [1.54, 1.807) is 25.1 Å². The third-order valence-corrected chi connectivity index (χ3v) is 3.42. The van der Waals surface area contributed by atoms with Gasteiger partial charge in [0.05, 0.1) is 12.8 Å². The average Bonchev–Trinajstić information content (AvgIpc) is 3.13. The average molecular weight is 284 g/mol. The molecule has 0 spiro atoms. The van der Waals surface area contributed by atoms with Crippen LogP contribution in [0.4, 0.5) is 0 Å². The molecule has 0 radical (unpaired) electrons. The van der Waals surface area contributed by atoms with E-state index in [0.29, 0.717) is 11.5 Å². The van der Waals surface area contributed by atoms with Crippen LogP contribution in [0.1, 0.15) is 23.2 Å². The van der Waals surface area contributed by atoms with Gasteiger partial charge >= 0.3 is 0 Å². The molecule has 5 nitrogen and oxygen atoms in total. The van der Waals surface area contributed by atoms with Crippen molar-refractivity contribution < 1.29 is 14.3 Å². The van der Waals surface area contributed by atoms with Crippen LogP contribution >= 0.6 is 0 Å². The van der Waals surface area contributed by atoms with Gasteiger partial charge in [0.1, 0.15) is 17.1 Å². The number of benzene rings is 1. The van der Waals surface area contributed by atoms with Gasteiger partial charge in [0.2, 0.25) is 0 Å². The zero-order chi connectivity index (χ0) is 14.9. The number of carbonyl (C=O) groups is 1. The van der Waals surface area contributed by atoms with Crippen molar-refractivity contribution in [2.45, 2.75) is 12.5 Å². The van der Waals surface area contributed by atoms with Gasteiger partial charge < -0.3 is 19.8 Å². The lowest BCUT2D eigenvalue weighted by atomic mass is 10.0. The molecule has 0 unspecified atom stereocenters. The Morgan fingerprint density at radius 1 is 1.33 bits per heavy atom. The maximum absolute atomic E-state index is 12.1. The van der Waals surface area contributed by atoms with E-state index in [9.17, 15) is 9.90 Å². The molecule has 0 bridgehead atoms. The molecule has 1 amide bonds. The normalized spacial score (nSPS) is 14.0. The van der Waals surface area contributed by atoms with E-state index in [1.165, 1.54) is 6.26 Å². The lowest BCUT2D eigenvalue weighted by molar-refractivity contribution is 0.0329. The Morgan fingerprint density at radius 3 is 2.86 bits per heavy atom. The molecule has 2 aromatic heterocycles. The van der Waals surface area contributed by atoms with Crippen molar-refractivity contribution in [3.05, 3.63) is 60.2 Å². The van der Waals surface area contributed by atoms with Gasteiger partial charge in [-0.2, -0.15) is 0 Å². The number of carbonyl (C=O) groups excluding carboxylic acids is 1. The van der Waals surface area contributed by atoms with Crippen LogP contribution in [0.5, 0.6) is 0 Å². The van der Waals surface area contributed by atoms with E-state index < -0.39 is 5.60 Å². The number of nitrogens with one attached hydrogen (secondary N) is 2. The summed E-state index contributed by atoms with van der Waals surface area (Å²) in [5.41, 5.74) is 0.123. The van der Waals surface area contributed by atoms with Crippen molar-refractivity contribution in [1.29, 1.82) is 0 Å². The number of hydrogen-bond acceptors (Lipinski definition) is 3. The molecule has 21 heavy (non-hydrogen) atoms. The molecule has 0 aliphatic heterocycles. The summed E-state index contributed by atoms with van der Waals surface area (Å²) in [5, 5.41) is 14.0. The number of amides is 1. The zero-order valence-electron chi connectivity index (χ0n) is 11.6. The highest BCUT2D eigenvalue weighted by molar-refractivity contribution is 5.97. The monoisotopic (exact) mass is 284 g/mol. The molecule has 108 valence electrons. The van der Waals surface area contributed by atoms with Gasteiger partial charge in [-0.25, -0.2) is 0 Å². The number of furan rings is 1. The van der Waals surface area contributed by atoms with Crippen molar-refractivity contribution in [3.63, 3.8) is 0 Å². The summed E-state index contributed by atoms with van der Waals surface area (Å²) >= 11 is 0. The Labute approximate surface area is 121 Å². The van der Waals surface area contributed by atoms with E-state index in [0.717, 1.165) is 10.9 Å². The Balaban J connectivity index is 1.72. The first-order valence-electron chi connectivity index (χ1n) is 6.68. The molecule has 0 aliphatic rings. The molecule has 3 rings (SSSR count). The molecule has 1 atom stereocenters. The van der Waals surface area contributed by atoms with Crippen molar-refractivity contribution in [2.75, 3.05) is 6.54 Å². The first kappa shape index (κ1) is 13.5. The first-order valence-corrected chi connectivity index (χ1v) is 6.68. The highest BCUT2D eigenvalue weighted by Gasteiger charge is 2.27. The van der Waals surface area contributed by atoms with Crippen LogP contribution in [-0.2, 0) is 5.60 Å². The molecular weight excluding hydrogens is 268 g/mol. The Bertz CT molecular complexity index is 724. The maximum Gasteiger partial charge on any atom is 0.267 e. The number of hydrogen-bond donors (Lipinski definition) is 3. The fraction of sp³-hybridized carbons (Fsp3) is 0.188. The Morgan fingerprint density at radius 2 is 2.14 bits per heavy atom. The molecule has 3 aromatic rings. The molecule has 0 aliphatic carbocycles. The number of rotatable bonds is 4. The van der Waals surface area contributed by atoms with Crippen LogP contribution in [0.15, 0.2) is 53.1 Å². The zero-order valence-corrected chi connectivity index (χ0v) is 11.6. The molecule has 0 saturated carbocycles. The number of aromatic nitrogens is 1. The summed E-state index contributed by atoms with van der Waals surface area (Å²) in [7, 11) is 0. The summed E-state index contributed by atoms with van der Waals surface area (Å²) in [6.07, 6.45) is 1.49. The third-order valence-electron chi connectivity index (χ3n) is 3.42. The molecule has 0 saturated heterocycles. The lowest BCUT2D eigenvalue weighted by Crippen LogP contribution is -2.38. The maximum atomic E-state index is 12.1. The van der Waals surface area contributed by atoms with E-state index in [1.807, 2.05) is 24.3 Å². The fourth-order valence-corrected chi connectivity index (χ4v) is 2.22. The second-order valence-corrected chi connectivity index (χ2v) is 5.20. The summed E-state index contributed by atoms with van der Waals surface area (Å²) < 4.78 is 5.18. The number of aromatic amines is 1. The Hall–Kier alpha value is -2.53. The van der Waals surface area contributed by atoms with Crippen molar-refractivity contribution >= 4 is 16.8 Å². The number of para-hydroxylation sites is 1. The summed E-state index contributed by atoms with van der Waals surface area (Å²) in [4.78, 5) is 15.2. The lowest BCUT2D eigenvalue weighted by Gasteiger charge is -2.20. The van der Waals surface area contributed by atoms with Crippen molar-refractivity contribution in [1.82, 2.24) is 10.3 Å². The molecule has 5 heteroatoms. The second kappa shape index (κ2) is 5.10. The minimum absolute atomic E-state index is 0.0642. The van der Waals surface area contributed by atoms with Crippen molar-refractivity contribution in [2.24, 2.45) is 0 Å². The van der Waals surface area contributed by atoms with Crippen LogP contribution in [0.3, 0.4) is 0 Å². The highest BCUT2D eigenvalue weighted by atomic mass is 16.4. The smallest absolute Gasteiger partial charge is 0.267 e. The minimum Gasteiger partial charge on any atom is -0.466 e. The van der Waals surface area contributed by atoms with E-state index in [2.05, 4.69) is 10.3 Å². The van der Waals surface area contributed by atoms with Crippen LogP contribution in [-0.4, -0.2) is 22.5 Å². The minimum atomic E-state index is -1.24. The highest BCUT2D eigenvalue weighted by Crippen LogP contribution is 2.20. The quantitative estimate of drug-likeness (QED) is 0.688. The van der Waals surface area contributed by atoms with Gasteiger partial charge in [-0.15, -0.1) is 0 Å². The summed E-state index contributed by atoms with van der Waals surface area (Å²) in [6, 6.07) is 12.8. The standard InChI is InChI=1S/C16H16N2O3/c1-16(20,14-7-4-8-21-14)10-17-15(19)13-9-11-5-2-3-6-12(11)18-13/h2-9,18,20H,10H2,1H3,(H,17,19)/t16-/m0/s1. The van der Waals surface area contributed by atoms with E-state index in [-0.39, 0.29) is 12.5 Å². The number of fused-ring (bicyclic) bond motifs is 1. The predicted molar refractivity (Wildman–Crippen MR) is 78.9 cm³/mol. The van der Waals surface area contributed by atoms with Gasteiger partial charge in [-0.3, -0.25) is 4.79 Å². The SMILES string of the molecule is C[C@](O)(CNC(=O)c1cc2ccccc2[nH]1)c1ccco1. The molecule has 0 fully saturated rings. The van der Waals surface area contributed by atoms with Gasteiger partial charge in [0, 0.05) is 10.9 Å². The van der Waals surface area contributed by atoms with Gasteiger partial charge in [0.25, 0.3) is 5.91 Å². The first-order chi connectivity index (χ1) is 10.1. The third kappa shape index (κ3) is 2.68. The van der Waals surface area contributed by atoms with Gasteiger partial charge in [0.15, 0.2) is 0 Å². The van der Waals surface area contributed by atoms with Gasteiger partial charge in [-0.1, -0.05) is 18.2 Å². The van der Waals surface area contributed by atoms with E-state index in [4.69, 9.17) is 4.42 Å². The fourth-order valence-electron chi connectivity index (χ4n) is 2.22. The topological polar surface area (TPSA) is 78.3 Å². The van der Waals surface area contributed by atoms with Crippen LogP contribution in [0.25, 0.3) is 10.9 Å². The summed E-state index contributed by atoms with van der Waals surface area (Å²) in [6.45, 7) is 1.66. The second-order valence-electron chi connectivity index (χ2n) is 5.20. The molecule has 3 N–H and O–H groups in total. The molecular formula is C16H16N2O3. The number of aliphatic hydroxyl groups is 1. The summed E-state index contributed by atoms with van der Waals surface area (Å²) in [5.74, 6) is 0.150. The largest absolute Gasteiger partial charge is 0.466 e. The van der Waals surface area contributed by atoms with Crippen LogP contribution < -0.4 is 5.32 Å².